The van der Waals surface area contributed by atoms with Gasteiger partial charge in [-0.1, -0.05) is 55.4 Å². The van der Waals surface area contributed by atoms with E-state index in [4.69, 9.17) is 9.47 Å². The van der Waals surface area contributed by atoms with Crippen molar-refractivity contribution in [1.29, 1.82) is 0 Å². The van der Waals surface area contributed by atoms with Crippen molar-refractivity contribution in [2.45, 2.75) is 61.7 Å². The molecule has 1 fully saturated rings. The van der Waals surface area contributed by atoms with E-state index in [1.807, 2.05) is 0 Å². The van der Waals surface area contributed by atoms with Crippen molar-refractivity contribution in [3.63, 3.8) is 0 Å². The molecule has 0 saturated carbocycles. The number of ether oxygens (including phenoxy) is 2. The van der Waals surface area contributed by atoms with E-state index in [1.165, 1.54) is 0 Å². The average Bonchev–Trinajstić information content (AvgIpc) is 2.52. The number of hydrogen-bond acceptors (Lipinski definition) is 2. The molecule has 98 valence electrons. The summed E-state index contributed by atoms with van der Waals surface area (Å²) < 4.78 is 10.6. The second-order valence-electron chi connectivity index (χ2n) is 6.96. The zero-order valence-electron chi connectivity index (χ0n) is 12.4. The maximum absolute atomic E-state index is 5.30. The summed E-state index contributed by atoms with van der Waals surface area (Å²) in [5.41, 5.74) is 0.635. The van der Waals surface area contributed by atoms with E-state index >= 15 is 0 Å². The highest BCUT2D eigenvalue weighted by atomic mass is 16.7. The molecule has 0 unspecified atom stereocenters. The summed E-state index contributed by atoms with van der Waals surface area (Å²) in [7, 11) is 0. The second-order valence-corrected chi connectivity index (χ2v) is 6.96. The summed E-state index contributed by atoms with van der Waals surface area (Å²) in [6.07, 6.45) is 0.0116. The summed E-state index contributed by atoms with van der Waals surface area (Å²) in [4.78, 5) is 0. The second kappa shape index (κ2) is 6.02. The molecule has 0 aromatic heterocycles. The van der Waals surface area contributed by atoms with Crippen LogP contribution < -0.4 is 0 Å². The summed E-state index contributed by atoms with van der Waals surface area (Å²) >= 11 is 0. The monoisotopic (exact) mass is 230 g/mol. The minimum Gasteiger partial charge on any atom is -0.350 e. The molecule has 2 heteroatoms. The van der Waals surface area contributed by atoms with E-state index in [2.05, 4.69) is 55.4 Å². The molecule has 0 atom stereocenters. The van der Waals surface area contributed by atoms with E-state index in [1.54, 1.807) is 0 Å². The van der Waals surface area contributed by atoms with Gasteiger partial charge in [-0.2, -0.15) is 0 Å². The molecule has 1 saturated heterocycles. The van der Waals surface area contributed by atoms with Crippen LogP contribution in [0.3, 0.4) is 0 Å². The lowest BCUT2D eigenvalue weighted by molar-refractivity contribution is -0.112. The minimum atomic E-state index is 0.0116. The molecular formula is C14H30O2. The van der Waals surface area contributed by atoms with Crippen LogP contribution in [-0.4, -0.2) is 19.5 Å². The number of rotatable bonds is 0. The molecule has 0 radical (unpaired) electrons. The van der Waals surface area contributed by atoms with Crippen LogP contribution in [0.15, 0.2) is 0 Å². The zero-order valence-corrected chi connectivity index (χ0v) is 12.4. The summed E-state index contributed by atoms with van der Waals surface area (Å²) in [6.45, 7) is 19.1. The van der Waals surface area contributed by atoms with E-state index in [-0.39, 0.29) is 11.7 Å². The fraction of sp³-hybridized carbons (Fsp3) is 1.00. The van der Waals surface area contributed by atoms with Crippen LogP contribution in [0.2, 0.25) is 0 Å². The smallest absolute Gasteiger partial charge is 0.162 e. The molecule has 1 heterocycles. The van der Waals surface area contributed by atoms with Gasteiger partial charge in [0.25, 0.3) is 0 Å². The van der Waals surface area contributed by atoms with Gasteiger partial charge in [-0.05, 0) is 11.3 Å². The number of hydrogen-bond donors (Lipinski definition) is 0. The molecular weight excluding hydrogens is 200 g/mol. The lowest BCUT2D eigenvalue weighted by Gasteiger charge is -2.24. The highest BCUT2D eigenvalue weighted by Crippen LogP contribution is 2.25. The molecule has 0 N–H and O–H groups in total. The van der Waals surface area contributed by atoms with Crippen molar-refractivity contribution < 1.29 is 9.47 Å². The van der Waals surface area contributed by atoms with Gasteiger partial charge in [0.2, 0.25) is 0 Å². The van der Waals surface area contributed by atoms with Crippen LogP contribution in [0.4, 0.5) is 0 Å². The topological polar surface area (TPSA) is 18.5 Å². The van der Waals surface area contributed by atoms with Gasteiger partial charge in [0.1, 0.15) is 0 Å². The van der Waals surface area contributed by atoms with E-state index in [9.17, 15) is 0 Å². The molecule has 0 aromatic carbocycles. The van der Waals surface area contributed by atoms with E-state index < -0.39 is 0 Å². The molecule has 1 aliphatic rings. The average molecular weight is 230 g/mol. The van der Waals surface area contributed by atoms with Crippen molar-refractivity contribution >= 4 is 0 Å². The first-order valence-electron chi connectivity index (χ1n) is 6.28. The maximum atomic E-state index is 5.30. The molecule has 0 bridgehead atoms. The van der Waals surface area contributed by atoms with Gasteiger partial charge in [0, 0.05) is 5.41 Å². The lowest BCUT2D eigenvalue weighted by atomic mass is 9.84. The third-order valence-electron chi connectivity index (χ3n) is 3.06. The van der Waals surface area contributed by atoms with Gasteiger partial charge in [0.05, 0.1) is 13.2 Å². The molecule has 0 aliphatic carbocycles. The van der Waals surface area contributed by atoms with Crippen molar-refractivity contribution in [1.82, 2.24) is 0 Å². The fourth-order valence-corrected chi connectivity index (χ4v) is 0.858. The highest BCUT2D eigenvalue weighted by Gasteiger charge is 2.29. The van der Waals surface area contributed by atoms with Gasteiger partial charge in [-0.25, -0.2) is 0 Å². The van der Waals surface area contributed by atoms with Crippen molar-refractivity contribution in [2.75, 3.05) is 13.2 Å². The lowest BCUT2D eigenvalue weighted by Crippen LogP contribution is -2.26. The van der Waals surface area contributed by atoms with Crippen LogP contribution in [0.5, 0.6) is 0 Å². The highest BCUT2D eigenvalue weighted by molar-refractivity contribution is 4.68. The Morgan fingerprint density at radius 2 is 1.19 bits per heavy atom. The summed E-state index contributed by atoms with van der Waals surface area (Å²) in [6, 6.07) is 0. The first kappa shape index (κ1) is 15.9. The van der Waals surface area contributed by atoms with Crippen molar-refractivity contribution in [3.8, 4) is 0 Å². The Balaban J connectivity index is 0.000000293. The normalized spacial score (nSPS) is 18.6. The third-order valence-corrected chi connectivity index (χ3v) is 3.06. The van der Waals surface area contributed by atoms with Gasteiger partial charge in [-0.3, -0.25) is 0 Å². The SMILES string of the molecule is CC(C)(C)C1OCCO1.CC(C)C(C)(C)C. The molecule has 1 rings (SSSR count). The van der Waals surface area contributed by atoms with Crippen molar-refractivity contribution in [2.24, 2.45) is 16.7 Å². The van der Waals surface area contributed by atoms with Crippen LogP contribution in [0, 0.1) is 16.7 Å². The quantitative estimate of drug-likeness (QED) is 0.624. The Bertz CT molecular complexity index is 178. The molecule has 0 amide bonds. The van der Waals surface area contributed by atoms with Crippen LogP contribution >= 0.6 is 0 Å². The van der Waals surface area contributed by atoms with Crippen molar-refractivity contribution in [3.05, 3.63) is 0 Å². The van der Waals surface area contributed by atoms with Gasteiger partial charge in [0.15, 0.2) is 6.29 Å². The Morgan fingerprint density at radius 1 is 0.875 bits per heavy atom. The zero-order chi connectivity index (χ0) is 13.0. The maximum Gasteiger partial charge on any atom is 0.162 e. The predicted octanol–water partition coefficient (Wildman–Crippen LogP) is 4.09. The Kier molecular flexibility index (Phi) is 5.99. The van der Waals surface area contributed by atoms with Gasteiger partial charge in [-0.15, -0.1) is 0 Å². The summed E-state index contributed by atoms with van der Waals surface area (Å²) in [5, 5.41) is 0. The molecule has 0 aromatic rings. The first-order valence-corrected chi connectivity index (χ1v) is 6.28. The molecule has 2 nitrogen and oxygen atoms in total. The Hall–Kier alpha value is -0.0800. The Morgan fingerprint density at radius 3 is 1.31 bits per heavy atom. The molecule has 16 heavy (non-hydrogen) atoms. The Labute approximate surface area is 102 Å². The largest absolute Gasteiger partial charge is 0.350 e. The minimum absolute atomic E-state index is 0.0116. The predicted molar refractivity (Wildman–Crippen MR) is 69.4 cm³/mol. The summed E-state index contributed by atoms with van der Waals surface area (Å²) in [5.74, 6) is 0.799. The van der Waals surface area contributed by atoms with Crippen LogP contribution in [0.25, 0.3) is 0 Å². The molecule has 1 aliphatic heterocycles. The van der Waals surface area contributed by atoms with Gasteiger partial charge >= 0.3 is 0 Å². The molecule has 0 spiro atoms. The van der Waals surface area contributed by atoms with Crippen LogP contribution in [-0.2, 0) is 9.47 Å². The standard InChI is InChI=1S/C7H14O2.C7H16/c1-7(2,3)6-8-4-5-9-6;1-6(2)7(3,4)5/h6H,4-5H2,1-3H3;6H,1-5H3. The van der Waals surface area contributed by atoms with E-state index in [0.717, 1.165) is 19.1 Å². The van der Waals surface area contributed by atoms with E-state index in [0.29, 0.717) is 5.41 Å². The first-order chi connectivity index (χ1) is 7.05. The third kappa shape index (κ3) is 6.49. The van der Waals surface area contributed by atoms with Gasteiger partial charge < -0.3 is 9.47 Å². The fourth-order valence-electron chi connectivity index (χ4n) is 0.858. The van der Waals surface area contributed by atoms with Crippen LogP contribution in [0.1, 0.15) is 55.4 Å².